The number of benzene rings is 2. The molecular formula is C25H29FN4O4. The Morgan fingerprint density at radius 1 is 1.32 bits per heavy atom. The summed E-state index contributed by atoms with van der Waals surface area (Å²) < 4.78 is 19.9. The number of piperidine rings is 1. The van der Waals surface area contributed by atoms with Crippen LogP contribution in [0.4, 0.5) is 15.0 Å². The molecule has 180 valence electrons. The van der Waals surface area contributed by atoms with E-state index in [1.54, 1.807) is 7.11 Å². The van der Waals surface area contributed by atoms with Crippen LogP contribution in [0.15, 0.2) is 36.4 Å². The number of aromatic hydroxyl groups is 1. The van der Waals surface area contributed by atoms with Gasteiger partial charge in [-0.05, 0) is 61.9 Å². The van der Waals surface area contributed by atoms with Gasteiger partial charge in [0, 0.05) is 38.2 Å². The molecule has 4 rings (SSSR count). The maximum absolute atomic E-state index is 14.7. The molecule has 9 heteroatoms. The first kappa shape index (κ1) is 23.7. The van der Waals surface area contributed by atoms with Crippen LogP contribution in [0.3, 0.4) is 0 Å². The molecule has 34 heavy (non-hydrogen) atoms. The van der Waals surface area contributed by atoms with Crippen molar-refractivity contribution in [1.29, 1.82) is 0 Å². The average molecular weight is 469 g/mol. The number of halogens is 1. The number of carboxylic acid groups (broad SMARTS) is 1. The number of hydrogen-bond donors (Lipinski definition) is 3. The second kappa shape index (κ2) is 10.2. The molecule has 8 nitrogen and oxygen atoms in total. The number of methoxy groups -OCH3 is 1. The van der Waals surface area contributed by atoms with Crippen LogP contribution >= 0.6 is 0 Å². The molecular weight excluding hydrogens is 439 g/mol. The van der Waals surface area contributed by atoms with Crippen LogP contribution < -0.4 is 10.2 Å². The summed E-state index contributed by atoms with van der Waals surface area (Å²) in [7, 11) is 1.60. The lowest BCUT2D eigenvalue weighted by atomic mass is 9.88. The van der Waals surface area contributed by atoms with Crippen molar-refractivity contribution in [3.8, 4) is 17.1 Å². The van der Waals surface area contributed by atoms with E-state index in [2.05, 4.69) is 15.2 Å². The Morgan fingerprint density at radius 3 is 2.88 bits per heavy atom. The third-order valence-electron chi connectivity index (χ3n) is 6.32. The van der Waals surface area contributed by atoms with Gasteiger partial charge < -0.3 is 25.2 Å². The number of carbonyl (C=O) groups is 1. The van der Waals surface area contributed by atoms with Gasteiger partial charge in [-0.2, -0.15) is 0 Å². The van der Waals surface area contributed by atoms with Crippen molar-refractivity contribution in [1.82, 2.24) is 15.3 Å². The van der Waals surface area contributed by atoms with Crippen molar-refractivity contribution in [3.63, 3.8) is 0 Å². The molecule has 2 heterocycles. The van der Waals surface area contributed by atoms with Crippen LogP contribution in [0, 0.1) is 18.7 Å². The molecule has 3 N–H and O–H groups in total. The van der Waals surface area contributed by atoms with E-state index in [1.165, 1.54) is 18.2 Å². The van der Waals surface area contributed by atoms with E-state index in [0.29, 0.717) is 30.9 Å². The van der Waals surface area contributed by atoms with E-state index in [0.717, 1.165) is 30.3 Å². The SMILES string of the molecule is COCCC(NC(=O)O)[C@H]1CCCN(c2nc(-c3c(O)cccc3F)nc3cc(C)ccc23)C1. The molecule has 2 aromatic carbocycles. The Hall–Kier alpha value is -3.46. The van der Waals surface area contributed by atoms with E-state index >= 15 is 0 Å². The fourth-order valence-corrected chi connectivity index (χ4v) is 4.67. The number of rotatable bonds is 7. The molecule has 0 bridgehead atoms. The molecule has 1 aromatic heterocycles. The van der Waals surface area contributed by atoms with E-state index in [-0.39, 0.29) is 29.1 Å². The minimum Gasteiger partial charge on any atom is -0.507 e. The molecule has 0 aliphatic carbocycles. The summed E-state index contributed by atoms with van der Waals surface area (Å²) in [6, 6.07) is 9.70. The third kappa shape index (κ3) is 5.04. The number of fused-ring (bicyclic) bond motifs is 1. The lowest BCUT2D eigenvalue weighted by molar-refractivity contribution is 0.152. The largest absolute Gasteiger partial charge is 0.507 e. The number of phenols is 1. The highest BCUT2D eigenvalue weighted by Crippen LogP contribution is 2.35. The lowest BCUT2D eigenvalue weighted by Gasteiger charge is -2.38. The molecule has 1 unspecified atom stereocenters. The first-order valence-electron chi connectivity index (χ1n) is 11.4. The van der Waals surface area contributed by atoms with Crippen molar-refractivity contribution < 1.29 is 24.1 Å². The molecule has 1 fully saturated rings. The summed E-state index contributed by atoms with van der Waals surface area (Å²) >= 11 is 0. The van der Waals surface area contributed by atoms with Gasteiger partial charge in [-0.25, -0.2) is 19.2 Å². The van der Waals surface area contributed by atoms with E-state index in [9.17, 15) is 19.4 Å². The maximum Gasteiger partial charge on any atom is 0.404 e. The summed E-state index contributed by atoms with van der Waals surface area (Å²) in [6.07, 6.45) is 1.24. The Balaban J connectivity index is 1.76. The molecule has 1 aliphatic heterocycles. The van der Waals surface area contributed by atoms with Gasteiger partial charge in [-0.1, -0.05) is 12.1 Å². The van der Waals surface area contributed by atoms with Crippen LogP contribution in [0.2, 0.25) is 0 Å². The maximum atomic E-state index is 14.7. The van der Waals surface area contributed by atoms with Gasteiger partial charge in [0.2, 0.25) is 0 Å². The number of nitrogens with one attached hydrogen (secondary N) is 1. The highest BCUT2D eigenvalue weighted by molar-refractivity contribution is 5.92. The predicted octanol–water partition coefficient (Wildman–Crippen LogP) is 4.34. The van der Waals surface area contributed by atoms with Gasteiger partial charge in [0.25, 0.3) is 0 Å². The summed E-state index contributed by atoms with van der Waals surface area (Å²) in [5.41, 5.74) is 1.62. The fraction of sp³-hybridized carbons (Fsp3) is 0.400. The summed E-state index contributed by atoms with van der Waals surface area (Å²) in [5, 5.41) is 23.2. The highest BCUT2D eigenvalue weighted by atomic mass is 19.1. The molecule has 1 amide bonds. The number of anilines is 1. The predicted molar refractivity (Wildman–Crippen MR) is 128 cm³/mol. The molecule has 1 saturated heterocycles. The van der Waals surface area contributed by atoms with E-state index < -0.39 is 11.9 Å². The van der Waals surface area contributed by atoms with E-state index in [4.69, 9.17) is 9.72 Å². The molecule has 2 atom stereocenters. The number of aryl methyl sites for hydroxylation is 1. The lowest BCUT2D eigenvalue weighted by Crippen LogP contribution is -2.48. The zero-order valence-electron chi connectivity index (χ0n) is 19.3. The summed E-state index contributed by atoms with van der Waals surface area (Å²) in [6.45, 7) is 3.71. The Labute approximate surface area is 197 Å². The minimum atomic E-state index is -1.06. The molecule has 0 radical (unpaired) electrons. The highest BCUT2D eigenvalue weighted by Gasteiger charge is 2.30. The normalized spacial score (nSPS) is 17.0. The van der Waals surface area contributed by atoms with Gasteiger partial charge in [0.1, 0.15) is 17.4 Å². The van der Waals surface area contributed by atoms with Crippen LogP contribution in [0.5, 0.6) is 5.75 Å². The third-order valence-corrected chi connectivity index (χ3v) is 6.32. The smallest absolute Gasteiger partial charge is 0.404 e. The first-order valence-corrected chi connectivity index (χ1v) is 11.4. The van der Waals surface area contributed by atoms with Crippen LogP contribution in [0.1, 0.15) is 24.8 Å². The Morgan fingerprint density at radius 2 is 2.15 bits per heavy atom. The first-order chi connectivity index (χ1) is 16.4. The molecule has 1 aliphatic rings. The molecule has 0 spiro atoms. The Kier molecular flexibility index (Phi) is 7.12. The van der Waals surface area contributed by atoms with Gasteiger partial charge in [0.05, 0.1) is 11.1 Å². The molecule has 3 aromatic rings. The quantitative estimate of drug-likeness (QED) is 0.473. The number of phenolic OH excluding ortho intramolecular Hbond substituents is 1. The van der Waals surface area contributed by atoms with Gasteiger partial charge >= 0.3 is 6.09 Å². The van der Waals surface area contributed by atoms with Crippen LogP contribution in [0.25, 0.3) is 22.3 Å². The van der Waals surface area contributed by atoms with Crippen molar-refractivity contribution in [3.05, 3.63) is 47.8 Å². The fourth-order valence-electron chi connectivity index (χ4n) is 4.67. The van der Waals surface area contributed by atoms with Gasteiger partial charge in [-0.3, -0.25) is 0 Å². The van der Waals surface area contributed by atoms with Crippen molar-refractivity contribution in [2.75, 3.05) is 31.7 Å². The number of hydrogen-bond acceptors (Lipinski definition) is 6. The minimum absolute atomic E-state index is 0.0359. The van der Waals surface area contributed by atoms with Crippen molar-refractivity contribution in [2.45, 2.75) is 32.2 Å². The topological polar surface area (TPSA) is 108 Å². The zero-order chi connectivity index (χ0) is 24.2. The van der Waals surface area contributed by atoms with Gasteiger partial charge in [0.15, 0.2) is 5.82 Å². The van der Waals surface area contributed by atoms with Gasteiger partial charge in [-0.15, -0.1) is 0 Å². The second-order valence-electron chi connectivity index (χ2n) is 8.71. The number of amides is 1. The monoisotopic (exact) mass is 468 g/mol. The number of ether oxygens (including phenoxy) is 1. The van der Waals surface area contributed by atoms with E-state index in [1.807, 2.05) is 25.1 Å². The number of nitrogens with zero attached hydrogens (tertiary/aromatic N) is 3. The molecule has 0 saturated carbocycles. The standard InChI is InChI=1S/C25H29FN4O4/c1-15-8-9-17-20(13-15)27-23(22-18(26)6-3-7-21(22)31)29-24(17)30-11-4-5-16(14-30)19(10-12-34-2)28-25(32)33/h3,6-9,13,16,19,28,31H,4-5,10-12,14H2,1-2H3,(H,32,33)/t16-,19?/m0/s1. The number of aromatic nitrogens is 2. The average Bonchev–Trinajstić information content (AvgIpc) is 2.80. The second-order valence-corrected chi connectivity index (χ2v) is 8.71. The van der Waals surface area contributed by atoms with Crippen LogP contribution in [-0.2, 0) is 4.74 Å². The van der Waals surface area contributed by atoms with Crippen molar-refractivity contribution >= 4 is 22.8 Å². The summed E-state index contributed by atoms with van der Waals surface area (Å²) in [4.78, 5) is 22.8. The van der Waals surface area contributed by atoms with Crippen molar-refractivity contribution in [2.24, 2.45) is 5.92 Å². The zero-order valence-corrected chi connectivity index (χ0v) is 19.3. The Bertz CT molecular complexity index is 1170. The summed E-state index contributed by atoms with van der Waals surface area (Å²) in [5.74, 6) is -0.00103. The van der Waals surface area contributed by atoms with Crippen LogP contribution in [-0.4, -0.2) is 59.1 Å².